The van der Waals surface area contributed by atoms with Crippen LogP contribution in [0.1, 0.15) is 39.0 Å². The molecule has 2 N–H and O–H groups in total. The van der Waals surface area contributed by atoms with Gasteiger partial charge in [0.25, 0.3) is 0 Å². The van der Waals surface area contributed by atoms with E-state index < -0.39 is 11.4 Å². The van der Waals surface area contributed by atoms with E-state index in [1.54, 1.807) is 6.92 Å². The van der Waals surface area contributed by atoms with Crippen molar-refractivity contribution in [3.05, 3.63) is 0 Å². The van der Waals surface area contributed by atoms with E-state index in [4.69, 9.17) is 5.11 Å². The Bertz CT molecular complexity index is 329. The van der Waals surface area contributed by atoms with Crippen LogP contribution < -0.4 is 5.32 Å². The molecule has 2 heterocycles. The van der Waals surface area contributed by atoms with Gasteiger partial charge in [0.05, 0.1) is 11.5 Å². The number of hydrogen-bond acceptors (Lipinski definition) is 3. The van der Waals surface area contributed by atoms with Gasteiger partial charge in [-0.1, -0.05) is 6.42 Å². The van der Waals surface area contributed by atoms with Crippen molar-refractivity contribution in [2.45, 2.75) is 45.1 Å². The van der Waals surface area contributed by atoms with Crippen LogP contribution in [0.25, 0.3) is 0 Å². The van der Waals surface area contributed by atoms with Crippen LogP contribution in [-0.2, 0) is 9.59 Å². The first-order valence-electron chi connectivity index (χ1n) is 6.78. The van der Waals surface area contributed by atoms with Gasteiger partial charge in [-0.05, 0) is 39.2 Å². The summed E-state index contributed by atoms with van der Waals surface area (Å²) in [5, 5.41) is 12.4. The lowest BCUT2D eigenvalue weighted by Gasteiger charge is -2.38. The number of hydrogen-bond donors (Lipinski definition) is 2. The van der Waals surface area contributed by atoms with Gasteiger partial charge < -0.3 is 15.3 Å². The highest BCUT2D eigenvalue weighted by Gasteiger charge is 2.39. The SMILES string of the molecule is CC1(C(=O)O)CCN(C(=O)C2CCCCN2)CC1. The summed E-state index contributed by atoms with van der Waals surface area (Å²) >= 11 is 0. The third-order valence-electron chi connectivity index (χ3n) is 4.30. The summed E-state index contributed by atoms with van der Waals surface area (Å²) in [4.78, 5) is 25.2. The molecule has 0 bridgehead atoms. The summed E-state index contributed by atoms with van der Waals surface area (Å²) in [5.74, 6) is -0.590. The number of piperidine rings is 2. The van der Waals surface area contributed by atoms with E-state index in [1.807, 2.05) is 4.90 Å². The summed E-state index contributed by atoms with van der Waals surface area (Å²) in [6, 6.07) is -0.0482. The van der Waals surface area contributed by atoms with Crippen LogP contribution in [0.3, 0.4) is 0 Å². The predicted octanol–water partition coefficient (Wildman–Crippen LogP) is 0.842. The maximum absolute atomic E-state index is 12.3. The zero-order valence-corrected chi connectivity index (χ0v) is 10.9. The molecule has 0 aromatic rings. The van der Waals surface area contributed by atoms with Crippen molar-refractivity contribution >= 4 is 11.9 Å². The minimum Gasteiger partial charge on any atom is -0.481 e. The third kappa shape index (κ3) is 2.66. The second kappa shape index (κ2) is 5.26. The van der Waals surface area contributed by atoms with Gasteiger partial charge in [0.1, 0.15) is 0 Å². The first-order chi connectivity index (χ1) is 8.53. The Morgan fingerprint density at radius 1 is 1.28 bits per heavy atom. The van der Waals surface area contributed by atoms with Gasteiger partial charge in [-0.25, -0.2) is 0 Å². The number of likely N-dealkylation sites (tertiary alicyclic amines) is 1. The van der Waals surface area contributed by atoms with Crippen LogP contribution in [0, 0.1) is 5.41 Å². The van der Waals surface area contributed by atoms with E-state index in [2.05, 4.69) is 5.32 Å². The Hall–Kier alpha value is -1.10. The third-order valence-corrected chi connectivity index (χ3v) is 4.30. The minimum absolute atomic E-state index is 0.0482. The smallest absolute Gasteiger partial charge is 0.309 e. The second-order valence-corrected chi connectivity index (χ2v) is 5.69. The molecular formula is C13H22N2O3. The van der Waals surface area contributed by atoms with Gasteiger partial charge >= 0.3 is 5.97 Å². The van der Waals surface area contributed by atoms with Crippen LogP contribution >= 0.6 is 0 Å². The zero-order chi connectivity index (χ0) is 13.2. The van der Waals surface area contributed by atoms with Crippen molar-refractivity contribution in [2.24, 2.45) is 5.41 Å². The minimum atomic E-state index is -0.745. The van der Waals surface area contributed by atoms with Gasteiger partial charge in [-0.15, -0.1) is 0 Å². The lowest BCUT2D eigenvalue weighted by atomic mass is 9.80. The molecule has 2 aliphatic heterocycles. The van der Waals surface area contributed by atoms with Crippen LogP contribution in [0.4, 0.5) is 0 Å². The molecule has 5 heteroatoms. The molecule has 0 spiro atoms. The van der Waals surface area contributed by atoms with Crippen molar-refractivity contribution in [2.75, 3.05) is 19.6 Å². The number of carbonyl (C=O) groups is 2. The fourth-order valence-electron chi connectivity index (χ4n) is 2.72. The van der Waals surface area contributed by atoms with E-state index in [-0.39, 0.29) is 11.9 Å². The number of carboxylic acids is 1. The number of nitrogens with zero attached hydrogens (tertiary/aromatic N) is 1. The highest BCUT2D eigenvalue weighted by molar-refractivity contribution is 5.82. The molecule has 1 unspecified atom stereocenters. The molecule has 2 rings (SSSR count). The highest BCUT2D eigenvalue weighted by Crippen LogP contribution is 2.31. The Kier molecular flexibility index (Phi) is 3.90. The van der Waals surface area contributed by atoms with E-state index in [0.29, 0.717) is 25.9 Å². The molecule has 0 radical (unpaired) electrons. The van der Waals surface area contributed by atoms with Crippen LogP contribution in [0.2, 0.25) is 0 Å². The lowest BCUT2D eigenvalue weighted by molar-refractivity contribution is -0.153. The van der Waals surface area contributed by atoms with Crippen molar-refractivity contribution in [3.63, 3.8) is 0 Å². The van der Waals surface area contributed by atoms with E-state index in [0.717, 1.165) is 25.8 Å². The largest absolute Gasteiger partial charge is 0.481 e. The van der Waals surface area contributed by atoms with Crippen LogP contribution in [-0.4, -0.2) is 47.6 Å². The molecule has 18 heavy (non-hydrogen) atoms. The molecule has 2 aliphatic rings. The summed E-state index contributed by atoms with van der Waals surface area (Å²) in [6.45, 7) is 3.83. The maximum Gasteiger partial charge on any atom is 0.309 e. The van der Waals surface area contributed by atoms with E-state index >= 15 is 0 Å². The van der Waals surface area contributed by atoms with Crippen molar-refractivity contribution < 1.29 is 14.7 Å². The molecule has 1 atom stereocenters. The van der Waals surface area contributed by atoms with Crippen molar-refractivity contribution in [3.8, 4) is 0 Å². The van der Waals surface area contributed by atoms with E-state index in [9.17, 15) is 9.59 Å². The Labute approximate surface area is 108 Å². The average molecular weight is 254 g/mol. The first-order valence-corrected chi connectivity index (χ1v) is 6.78. The number of carboxylic acid groups (broad SMARTS) is 1. The van der Waals surface area contributed by atoms with Gasteiger partial charge in [0, 0.05) is 13.1 Å². The second-order valence-electron chi connectivity index (χ2n) is 5.69. The molecule has 2 fully saturated rings. The monoisotopic (exact) mass is 254 g/mol. The van der Waals surface area contributed by atoms with Crippen LogP contribution in [0.15, 0.2) is 0 Å². The van der Waals surface area contributed by atoms with Crippen molar-refractivity contribution in [1.29, 1.82) is 0 Å². The molecule has 0 saturated carbocycles. The molecule has 0 aromatic heterocycles. The van der Waals surface area contributed by atoms with Crippen molar-refractivity contribution in [1.82, 2.24) is 10.2 Å². The molecule has 0 aliphatic carbocycles. The number of amides is 1. The highest BCUT2D eigenvalue weighted by atomic mass is 16.4. The standard InChI is InChI=1S/C13H22N2O3/c1-13(12(17)18)5-8-15(9-6-13)11(16)10-4-2-3-7-14-10/h10,14H,2-9H2,1H3,(H,17,18). The number of aliphatic carboxylic acids is 1. The fraction of sp³-hybridized carbons (Fsp3) is 0.846. The number of rotatable bonds is 2. The Balaban J connectivity index is 1.89. The van der Waals surface area contributed by atoms with Crippen LogP contribution in [0.5, 0.6) is 0 Å². The molecule has 102 valence electrons. The Morgan fingerprint density at radius 3 is 2.44 bits per heavy atom. The summed E-state index contributed by atoms with van der Waals surface area (Å²) in [7, 11) is 0. The van der Waals surface area contributed by atoms with Gasteiger partial charge in [-0.2, -0.15) is 0 Å². The predicted molar refractivity (Wildman–Crippen MR) is 67.2 cm³/mol. The molecule has 0 aromatic carbocycles. The molecule has 5 nitrogen and oxygen atoms in total. The topological polar surface area (TPSA) is 69.6 Å². The molecule has 2 saturated heterocycles. The quantitative estimate of drug-likeness (QED) is 0.766. The Morgan fingerprint density at radius 2 is 1.94 bits per heavy atom. The van der Waals surface area contributed by atoms with Gasteiger partial charge in [0.15, 0.2) is 0 Å². The first kappa shape index (κ1) is 13.3. The summed E-state index contributed by atoms with van der Waals surface area (Å²) in [6.07, 6.45) is 4.26. The zero-order valence-electron chi connectivity index (χ0n) is 10.9. The average Bonchev–Trinajstić information content (AvgIpc) is 2.40. The normalized spacial score (nSPS) is 27.8. The molecule has 1 amide bonds. The summed E-state index contributed by atoms with van der Waals surface area (Å²) in [5.41, 5.74) is -0.656. The number of carbonyl (C=O) groups excluding carboxylic acids is 1. The van der Waals surface area contributed by atoms with Gasteiger partial charge in [-0.3, -0.25) is 9.59 Å². The van der Waals surface area contributed by atoms with Gasteiger partial charge in [0.2, 0.25) is 5.91 Å². The fourth-order valence-corrected chi connectivity index (χ4v) is 2.72. The lowest BCUT2D eigenvalue weighted by Crippen LogP contribution is -2.52. The number of nitrogens with one attached hydrogen (secondary N) is 1. The molecular weight excluding hydrogens is 232 g/mol. The maximum atomic E-state index is 12.3. The summed E-state index contributed by atoms with van der Waals surface area (Å²) < 4.78 is 0. The van der Waals surface area contributed by atoms with E-state index in [1.165, 1.54) is 0 Å².